The lowest BCUT2D eigenvalue weighted by Crippen LogP contribution is -2.44. The van der Waals surface area contributed by atoms with E-state index < -0.39 is 5.60 Å². The molecule has 3 aromatic rings. The third-order valence-corrected chi connectivity index (χ3v) is 6.17. The predicted molar refractivity (Wildman–Crippen MR) is 117 cm³/mol. The topological polar surface area (TPSA) is 32.7 Å². The number of hydrogen-bond donors (Lipinski definition) is 1. The zero-order chi connectivity index (χ0) is 20.1. The average molecular weight is 388 g/mol. The van der Waals surface area contributed by atoms with E-state index >= 15 is 0 Å². The summed E-state index contributed by atoms with van der Waals surface area (Å²) < 4.78 is 5.25. The molecule has 0 aromatic heterocycles. The summed E-state index contributed by atoms with van der Waals surface area (Å²) in [5, 5.41) is 12.0. The van der Waals surface area contributed by atoms with Crippen molar-refractivity contribution in [1.29, 1.82) is 0 Å². The summed E-state index contributed by atoms with van der Waals surface area (Å²) in [6.45, 7) is 2.91. The molecule has 1 saturated heterocycles. The second-order valence-electron chi connectivity index (χ2n) is 7.90. The SMILES string of the molecule is COc1ccc(CN2CCC(C(O)(c3ccccc3)c3ccccc3)CC2)cc1. The van der Waals surface area contributed by atoms with E-state index in [1.165, 1.54) is 5.56 Å². The Hall–Kier alpha value is -2.62. The summed E-state index contributed by atoms with van der Waals surface area (Å²) in [6.07, 6.45) is 1.94. The van der Waals surface area contributed by atoms with Crippen LogP contribution in [0.5, 0.6) is 5.75 Å². The number of piperidine rings is 1. The van der Waals surface area contributed by atoms with Crippen molar-refractivity contribution in [3.05, 3.63) is 102 Å². The minimum Gasteiger partial charge on any atom is -0.497 e. The molecule has 4 rings (SSSR count). The van der Waals surface area contributed by atoms with E-state index in [2.05, 4.69) is 41.3 Å². The highest BCUT2D eigenvalue weighted by Gasteiger charge is 2.41. The van der Waals surface area contributed by atoms with Gasteiger partial charge in [-0.15, -0.1) is 0 Å². The quantitative estimate of drug-likeness (QED) is 0.657. The minimum absolute atomic E-state index is 0.194. The maximum absolute atomic E-state index is 12.0. The van der Waals surface area contributed by atoms with Gasteiger partial charge in [0.1, 0.15) is 11.4 Å². The van der Waals surface area contributed by atoms with Gasteiger partial charge >= 0.3 is 0 Å². The highest BCUT2D eigenvalue weighted by Crippen LogP contribution is 2.42. The third-order valence-electron chi connectivity index (χ3n) is 6.17. The van der Waals surface area contributed by atoms with Crippen LogP contribution < -0.4 is 4.74 Å². The van der Waals surface area contributed by atoms with Crippen LogP contribution in [0.3, 0.4) is 0 Å². The number of nitrogens with zero attached hydrogens (tertiary/aromatic N) is 1. The Balaban J connectivity index is 1.50. The van der Waals surface area contributed by atoms with Crippen molar-refractivity contribution in [2.75, 3.05) is 20.2 Å². The number of rotatable bonds is 6. The second-order valence-corrected chi connectivity index (χ2v) is 7.90. The molecule has 0 saturated carbocycles. The number of methoxy groups -OCH3 is 1. The fourth-order valence-electron chi connectivity index (χ4n) is 4.52. The lowest BCUT2D eigenvalue weighted by molar-refractivity contribution is -0.0152. The molecule has 0 aliphatic carbocycles. The molecule has 0 atom stereocenters. The molecule has 0 unspecified atom stereocenters. The van der Waals surface area contributed by atoms with Gasteiger partial charge in [0.25, 0.3) is 0 Å². The molecular weight excluding hydrogens is 358 g/mol. The second kappa shape index (κ2) is 8.81. The van der Waals surface area contributed by atoms with Gasteiger partial charge in [-0.25, -0.2) is 0 Å². The maximum Gasteiger partial charge on any atom is 0.118 e. The van der Waals surface area contributed by atoms with Crippen LogP contribution in [0.15, 0.2) is 84.9 Å². The van der Waals surface area contributed by atoms with Crippen molar-refractivity contribution in [2.24, 2.45) is 5.92 Å². The Morgan fingerprint density at radius 3 is 1.83 bits per heavy atom. The Morgan fingerprint density at radius 2 is 1.34 bits per heavy atom. The third kappa shape index (κ3) is 4.21. The van der Waals surface area contributed by atoms with Gasteiger partial charge in [0.15, 0.2) is 0 Å². The van der Waals surface area contributed by atoms with Crippen LogP contribution >= 0.6 is 0 Å². The zero-order valence-electron chi connectivity index (χ0n) is 17.0. The molecule has 150 valence electrons. The molecular formula is C26H29NO2. The summed E-state index contributed by atoms with van der Waals surface area (Å²) >= 11 is 0. The molecule has 1 N–H and O–H groups in total. The molecule has 1 aliphatic rings. The van der Waals surface area contributed by atoms with Crippen molar-refractivity contribution in [3.63, 3.8) is 0 Å². The van der Waals surface area contributed by atoms with Crippen LogP contribution in [-0.4, -0.2) is 30.2 Å². The van der Waals surface area contributed by atoms with E-state index in [0.717, 1.165) is 49.4 Å². The number of hydrogen-bond acceptors (Lipinski definition) is 3. The molecule has 0 bridgehead atoms. The van der Waals surface area contributed by atoms with Gasteiger partial charge in [0.05, 0.1) is 7.11 Å². The Morgan fingerprint density at radius 1 is 0.828 bits per heavy atom. The van der Waals surface area contributed by atoms with Gasteiger partial charge < -0.3 is 9.84 Å². The molecule has 3 heteroatoms. The molecule has 3 nitrogen and oxygen atoms in total. The minimum atomic E-state index is -0.950. The van der Waals surface area contributed by atoms with Crippen LogP contribution in [0.4, 0.5) is 0 Å². The molecule has 1 fully saturated rings. The summed E-state index contributed by atoms with van der Waals surface area (Å²) in [7, 11) is 1.69. The molecule has 1 heterocycles. The van der Waals surface area contributed by atoms with E-state index in [1.54, 1.807) is 7.11 Å². The van der Waals surface area contributed by atoms with E-state index in [0.29, 0.717) is 0 Å². The highest BCUT2D eigenvalue weighted by molar-refractivity contribution is 5.37. The van der Waals surface area contributed by atoms with Crippen LogP contribution in [-0.2, 0) is 12.1 Å². The lowest BCUT2D eigenvalue weighted by atomic mass is 9.72. The zero-order valence-corrected chi connectivity index (χ0v) is 17.0. The van der Waals surface area contributed by atoms with Crippen molar-refractivity contribution in [3.8, 4) is 5.75 Å². The molecule has 0 radical (unpaired) electrons. The smallest absolute Gasteiger partial charge is 0.118 e. The Labute approximate surface area is 173 Å². The monoisotopic (exact) mass is 387 g/mol. The van der Waals surface area contributed by atoms with E-state index in [-0.39, 0.29) is 5.92 Å². The normalized spacial score (nSPS) is 15.9. The first-order valence-electron chi connectivity index (χ1n) is 10.4. The first kappa shape index (κ1) is 19.7. The van der Waals surface area contributed by atoms with Crippen LogP contribution in [0, 0.1) is 5.92 Å². The van der Waals surface area contributed by atoms with Crippen molar-refractivity contribution in [2.45, 2.75) is 25.0 Å². The lowest BCUT2D eigenvalue weighted by Gasteiger charge is -2.42. The van der Waals surface area contributed by atoms with Crippen LogP contribution in [0.25, 0.3) is 0 Å². The fraction of sp³-hybridized carbons (Fsp3) is 0.308. The number of benzene rings is 3. The maximum atomic E-state index is 12.0. The van der Waals surface area contributed by atoms with Gasteiger partial charge in [-0.1, -0.05) is 72.8 Å². The standard InChI is InChI=1S/C26H29NO2/c1-29-25-14-12-21(13-15-25)20-27-18-16-24(17-19-27)26(28,22-8-4-2-5-9-22)23-10-6-3-7-11-23/h2-15,24,28H,16-20H2,1H3. The average Bonchev–Trinajstić information content (AvgIpc) is 2.81. The van der Waals surface area contributed by atoms with Gasteiger partial charge in [0.2, 0.25) is 0 Å². The number of likely N-dealkylation sites (tertiary alicyclic amines) is 1. The van der Waals surface area contributed by atoms with Gasteiger partial charge in [-0.3, -0.25) is 4.90 Å². The number of aliphatic hydroxyl groups is 1. The fourth-order valence-corrected chi connectivity index (χ4v) is 4.52. The molecule has 0 amide bonds. The first-order chi connectivity index (χ1) is 14.2. The Kier molecular flexibility index (Phi) is 5.98. The summed E-state index contributed by atoms with van der Waals surface area (Å²) in [5.74, 6) is 1.09. The molecule has 29 heavy (non-hydrogen) atoms. The summed E-state index contributed by atoms with van der Waals surface area (Å²) in [4.78, 5) is 2.48. The molecule has 0 spiro atoms. The highest BCUT2D eigenvalue weighted by atomic mass is 16.5. The predicted octanol–water partition coefficient (Wildman–Crippen LogP) is 4.84. The first-order valence-corrected chi connectivity index (χ1v) is 10.4. The van der Waals surface area contributed by atoms with Crippen molar-refractivity contribution in [1.82, 2.24) is 4.90 Å². The molecule has 3 aromatic carbocycles. The van der Waals surface area contributed by atoms with Gasteiger partial charge in [0, 0.05) is 6.54 Å². The van der Waals surface area contributed by atoms with Gasteiger partial charge in [-0.05, 0) is 60.7 Å². The van der Waals surface area contributed by atoms with Crippen LogP contribution in [0.1, 0.15) is 29.5 Å². The summed E-state index contributed by atoms with van der Waals surface area (Å²) in [6, 6.07) is 28.6. The van der Waals surface area contributed by atoms with Gasteiger partial charge in [-0.2, -0.15) is 0 Å². The summed E-state index contributed by atoms with van der Waals surface area (Å²) in [5.41, 5.74) is 2.32. The number of ether oxygens (including phenoxy) is 1. The van der Waals surface area contributed by atoms with Crippen molar-refractivity contribution >= 4 is 0 Å². The van der Waals surface area contributed by atoms with E-state index in [1.807, 2.05) is 48.5 Å². The molecule has 1 aliphatic heterocycles. The van der Waals surface area contributed by atoms with Crippen molar-refractivity contribution < 1.29 is 9.84 Å². The van der Waals surface area contributed by atoms with E-state index in [9.17, 15) is 5.11 Å². The van der Waals surface area contributed by atoms with Crippen LogP contribution in [0.2, 0.25) is 0 Å². The van der Waals surface area contributed by atoms with E-state index in [4.69, 9.17) is 4.74 Å². The largest absolute Gasteiger partial charge is 0.497 e. The Bertz CT molecular complexity index is 846.